The molecule has 3 atom stereocenters. The molecule has 3 aliphatic heterocycles. The number of fused-ring (bicyclic) bond motifs is 1. The van der Waals surface area contributed by atoms with Crippen LogP contribution in [0.4, 0.5) is 11.4 Å². The van der Waals surface area contributed by atoms with Crippen molar-refractivity contribution in [3.8, 4) is 0 Å². The fourth-order valence-corrected chi connectivity index (χ4v) is 6.20. The van der Waals surface area contributed by atoms with Crippen LogP contribution < -0.4 is 5.32 Å². The summed E-state index contributed by atoms with van der Waals surface area (Å²) in [6, 6.07) is 6.16. The molecule has 0 aromatic heterocycles. The molecule has 1 aromatic rings. The third-order valence-corrected chi connectivity index (χ3v) is 7.23. The number of ether oxygens (including phenoxy) is 1. The first-order valence-corrected chi connectivity index (χ1v) is 9.80. The van der Waals surface area contributed by atoms with Crippen molar-refractivity contribution < 1.29 is 9.53 Å². The summed E-state index contributed by atoms with van der Waals surface area (Å²) in [6.07, 6.45) is 7.11. The monoisotopic (exact) mass is 377 g/mol. The normalized spacial score (nSPS) is 32.1. The highest BCUT2D eigenvalue weighted by molar-refractivity contribution is 5.94. The van der Waals surface area contributed by atoms with Gasteiger partial charge >= 0.3 is 5.97 Å². The highest BCUT2D eigenvalue weighted by Gasteiger charge is 2.65. The van der Waals surface area contributed by atoms with Crippen LogP contribution in [0.1, 0.15) is 31.7 Å². The van der Waals surface area contributed by atoms with E-state index in [1.807, 2.05) is 12.1 Å². The summed E-state index contributed by atoms with van der Waals surface area (Å²) in [6.45, 7) is 4.11. The molecule has 0 saturated carbocycles. The predicted octanol–water partition coefficient (Wildman–Crippen LogP) is 4.16. The van der Waals surface area contributed by atoms with Gasteiger partial charge in [-0.1, -0.05) is 42.4 Å². The second-order valence-corrected chi connectivity index (χ2v) is 8.14. The van der Waals surface area contributed by atoms with E-state index in [9.17, 15) is 4.79 Å². The summed E-state index contributed by atoms with van der Waals surface area (Å²) in [5.74, 6) is -0.274. The number of hydrogen-bond donors (Lipinski definition) is 1. The maximum atomic E-state index is 12.8. The van der Waals surface area contributed by atoms with E-state index in [1.165, 1.54) is 7.11 Å². The number of nitrogens with one attached hydrogen (secondary N) is 1. The molecule has 0 radical (unpaired) electrons. The molecule has 28 heavy (non-hydrogen) atoms. The van der Waals surface area contributed by atoms with Crippen LogP contribution in [0.5, 0.6) is 0 Å². The van der Waals surface area contributed by atoms with Crippen molar-refractivity contribution in [3.05, 3.63) is 57.6 Å². The second-order valence-electron chi connectivity index (χ2n) is 8.14. The smallest absolute Gasteiger partial charge is 0.335 e. The minimum atomic E-state index is -0.307. The Kier molecular flexibility index (Phi) is 3.63. The molecule has 0 amide bonds. The summed E-state index contributed by atoms with van der Waals surface area (Å²) in [7, 11) is 1.44. The molecule has 1 N–H and O–H groups in total. The van der Waals surface area contributed by atoms with Crippen molar-refractivity contribution in [1.29, 1.82) is 0 Å². The third kappa shape index (κ3) is 1.93. The lowest BCUT2D eigenvalue weighted by molar-refractivity contribution is -0.137. The van der Waals surface area contributed by atoms with Gasteiger partial charge in [0.25, 0.3) is 0 Å². The van der Waals surface area contributed by atoms with Crippen molar-refractivity contribution >= 4 is 17.3 Å². The van der Waals surface area contributed by atoms with Gasteiger partial charge in [-0.05, 0) is 30.4 Å². The van der Waals surface area contributed by atoms with Crippen molar-refractivity contribution in [1.82, 2.24) is 4.90 Å². The first-order valence-electron chi connectivity index (χ1n) is 9.80. The van der Waals surface area contributed by atoms with Crippen LogP contribution >= 0.6 is 0 Å². The van der Waals surface area contributed by atoms with Gasteiger partial charge < -0.3 is 10.1 Å². The van der Waals surface area contributed by atoms with Crippen LogP contribution in [0.2, 0.25) is 0 Å². The number of para-hydroxylation sites is 1. The van der Waals surface area contributed by atoms with E-state index in [0.29, 0.717) is 12.1 Å². The lowest BCUT2D eigenvalue weighted by Crippen LogP contribution is -2.58. The third-order valence-electron chi connectivity index (χ3n) is 7.23. The Morgan fingerprint density at radius 3 is 3.11 bits per heavy atom. The van der Waals surface area contributed by atoms with Crippen molar-refractivity contribution in [3.63, 3.8) is 0 Å². The molecule has 3 heterocycles. The van der Waals surface area contributed by atoms with Gasteiger partial charge in [-0.3, -0.25) is 4.90 Å². The fraction of sp³-hybridized carbons (Fsp3) is 0.476. The molecule has 4 aliphatic rings. The van der Waals surface area contributed by atoms with Crippen LogP contribution in [-0.4, -0.2) is 37.1 Å². The van der Waals surface area contributed by atoms with E-state index in [-0.39, 0.29) is 22.8 Å². The molecule has 1 spiro atoms. The molecular weight excluding hydrogens is 354 g/mol. The van der Waals surface area contributed by atoms with Gasteiger partial charge in [0, 0.05) is 35.2 Å². The number of azide groups is 1. The number of esters is 1. The van der Waals surface area contributed by atoms with Gasteiger partial charge in [-0.2, -0.15) is 0 Å². The average molecular weight is 377 g/mol. The van der Waals surface area contributed by atoms with Crippen molar-refractivity contribution in [2.75, 3.05) is 25.5 Å². The Labute approximate surface area is 163 Å². The van der Waals surface area contributed by atoms with E-state index in [4.69, 9.17) is 10.3 Å². The predicted molar refractivity (Wildman–Crippen MR) is 106 cm³/mol. The van der Waals surface area contributed by atoms with E-state index >= 15 is 0 Å². The summed E-state index contributed by atoms with van der Waals surface area (Å²) in [4.78, 5) is 18.4. The van der Waals surface area contributed by atoms with Crippen LogP contribution in [0, 0.1) is 5.41 Å². The number of anilines is 1. The van der Waals surface area contributed by atoms with Crippen molar-refractivity contribution in [2.24, 2.45) is 10.5 Å². The number of benzene rings is 1. The minimum Gasteiger partial charge on any atom is -0.466 e. The zero-order chi connectivity index (χ0) is 19.5. The van der Waals surface area contributed by atoms with E-state index in [0.717, 1.165) is 48.5 Å². The number of hydrogen-bond acceptors (Lipinski definition) is 5. The summed E-state index contributed by atoms with van der Waals surface area (Å²) in [5.41, 5.74) is 12.8. The SMILES string of the molecule is CC[C@]12C=CCN3CC[C@]4(C(=C(C(=O)OC)C1)Nc1c(N=[N+]=[N-])cccc14)[C@@H]32. The number of nitrogens with zero attached hydrogens (tertiary/aromatic N) is 4. The lowest BCUT2D eigenvalue weighted by atomic mass is 9.55. The highest BCUT2D eigenvalue weighted by atomic mass is 16.5. The number of methoxy groups -OCH3 is 1. The quantitative estimate of drug-likeness (QED) is 0.281. The molecule has 0 unspecified atom stereocenters. The van der Waals surface area contributed by atoms with Gasteiger partial charge in [-0.25, -0.2) is 4.79 Å². The molecule has 144 valence electrons. The van der Waals surface area contributed by atoms with Crippen LogP contribution in [0.25, 0.3) is 10.4 Å². The van der Waals surface area contributed by atoms with E-state index < -0.39 is 0 Å². The Balaban J connectivity index is 1.84. The first-order chi connectivity index (χ1) is 13.6. The molecule has 5 rings (SSSR count). The highest BCUT2D eigenvalue weighted by Crippen LogP contribution is 2.65. The number of rotatable bonds is 3. The summed E-state index contributed by atoms with van der Waals surface area (Å²) >= 11 is 0. The molecule has 7 nitrogen and oxygen atoms in total. The molecule has 1 fully saturated rings. The maximum absolute atomic E-state index is 12.8. The molecule has 0 bridgehead atoms. The molecule has 1 saturated heterocycles. The minimum absolute atomic E-state index is 0.112. The maximum Gasteiger partial charge on any atom is 0.335 e. The van der Waals surface area contributed by atoms with Gasteiger partial charge in [-0.15, -0.1) is 0 Å². The van der Waals surface area contributed by atoms with Gasteiger partial charge in [0.05, 0.1) is 29.5 Å². The molecule has 1 aromatic carbocycles. The topological polar surface area (TPSA) is 90.3 Å². The Morgan fingerprint density at radius 1 is 1.50 bits per heavy atom. The Bertz CT molecular complexity index is 993. The second kappa shape index (κ2) is 5.87. The molecule has 7 heteroatoms. The molecular formula is C21H23N5O2. The Morgan fingerprint density at radius 2 is 2.36 bits per heavy atom. The van der Waals surface area contributed by atoms with Gasteiger partial charge in [0.2, 0.25) is 0 Å². The number of carbonyl (C=O) groups excluding carboxylic acids is 1. The van der Waals surface area contributed by atoms with Gasteiger partial charge in [0.1, 0.15) is 0 Å². The summed E-state index contributed by atoms with van der Waals surface area (Å²) in [5, 5.41) is 7.41. The van der Waals surface area contributed by atoms with E-state index in [2.05, 4.69) is 45.4 Å². The summed E-state index contributed by atoms with van der Waals surface area (Å²) < 4.78 is 5.19. The molecule has 1 aliphatic carbocycles. The first kappa shape index (κ1) is 17.3. The largest absolute Gasteiger partial charge is 0.466 e. The van der Waals surface area contributed by atoms with Crippen LogP contribution in [0.15, 0.2) is 46.7 Å². The standard InChI is InChI=1S/C21H23N5O2/c1-3-20-8-5-10-26-11-9-21(19(20)26)14-6-4-7-15(24-25-22)16(14)23-17(21)13(12-20)18(27)28-2/h4-8,19,23H,3,9-12H2,1-2H3/t19-,20-,21-/m0/s1. The zero-order valence-electron chi connectivity index (χ0n) is 16.1. The van der Waals surface area contributed by atoms with E-state index in [1.54, 1.807) is 0 Å². The number of carbonyl (C=O) groups is 1. The fourth-order valence-electron chi connectivity index (χ4n) is 6.20. The lowest BCUT2D eigenvalue weighted by Gasteiger charge is -2.53. The van der Waals surface area contributed by atoms with Crippen LogP contribution in [-0.2, 0) is 14.9 Å². The zero-order valence-corrected chi connectivity index (χ0v) is 16.1. The Hall–Kier alpha value is -2.76. The van der Waals surface area contributed by atoms with Crippen LogP contribution in [0.3, 0.4) is 0 Å². The average Bonchev–Trinajstić information content (AvgIpc) is 3.28. The van der Waals surface area contributed by atoms with Crippen molar-refractivity contribution in [2.45, 2.75) is 37.6 Å². The van der Waals surface area contributed by atoms with Gasteiger partial charge in [0.15, 0.2) is 0 Å².